The lowest BCUT2D eigenvalue weighted by Gasteiger charge is -2.41. The van der Waals surface area contributed by atoms with Gasteiger partial charge < -0.3 is 30.2 Å². The van der Waals surface area contributed by atoms with Gasteiger partial charge in [0.2, 0.25) is 5.95 Å². The number of nitrogens with one attached hydrogen (secondary N) is 3. The second-order valence-corrected chi connectivity index (χ2v) is 16.6. The lowest BCUT2D eigenvalue weighted by molar-refractivity contribution is 0.150. The predicted octanol–water partition coefficient (Wildman–Crippen LogP) is 5.92. The SMILES string of the molecule is CCc1cnc2c(P(C)(C)=O)c(Nc3nc(Nc4cc(CC)c(N5CCC(N6CCNCC6)CC5)cc4OC)ncc3Br)ccc2n1. The maximum absolute atomic E-state index is 13.6. The summed E-state index contributed by atoms with van der Waals surface area (Å²) in [5.74, 6) is 1.68. The van der Waals surface area contributed by atoms with Crippen molar-refractivity contribution in [2.75, 3.05) is 75.2 Å². The van der Waals surface area contributed by atoms with Crippen LogP contribution in [0.5, 0.6) is 5.75 Å². The van der Waals surface area contributed by atoms with E-state index >= 15 is 0 Å². The number of aryl methyl sites for hydroxylation is 2. The Hall–Kier alpha value is -3.31. The van der Waals surface area contributed by atoms with E-state index in [1.807, 2.05) is 19.1 Å². The third-order valence-electron chi connectivity index (χ3n) is 9.14. The first-order chi connectivity index (χ1) is 22.7. The molecule has 6 rings (SSSR count). The molecule has 2 aliphatic rings. The van der Waals surface area contributed by atoms with Crippen LogP contribution in [0.2, 0.25) is 0 Å². The maximum Gasteiger partial charge on any atom is 0.229 e. The van der Waals surface area contributed by atoms with Crippen LogP contribution in [0.4, 0.5) is 28.8 Å². The van der Waals surface area contributed by atoms with Crippen LogP contribution in [0.1, 0.15) is 37.9 Å². The maximum atomic E-state index is 13.6. The first-order valence-corrected chi connectivity index (χ1v) is 19.9. The lowest BCUT2D eigenvalue weighted by Crippen LogP contribution is -2.52. The Balaban J connectivity index is 1.25. The number of nitrogens with zero attached hydrogens (tertiary/aromatic N) is 6. The fraction of sp³-hybridized carbons (Fsp3) is 0.471. The van der Waals surface area contributed by atoms with Crippen LogP contribution in [-0.2, 0) is 17.4 Å². The van der Waals surface area contributed by atoms with Crippen molar-refractivity contribution in [1.29, 1.82) is 0 Å². The molecule has 3 N–H and O–H groups in total. The van der Waals surface area contributed by atoms with Crippen molar-refractivity contribution in [2.45, 2.75) is 45.6 Å². The predicted molar refractivity (Wildman–Crippen MR) is 196 cm³/mol. The third kappa shape index (κ3) is 7.41. The van der Waals surface area contributed by atoms with E-state index in [2.05, 4.69) is 70.7 Å². The molecule has 0 saturated carbocycles. The van der Waals surface area contributed by atoms with E-state index in [0.29, 0.717) is 38.8 Å². The second-order valence-electron chi connectivity index (χ2n) is 12.6. The van der Waals surface area contributed by atoms with Crippen molar-refractivity contribution in [2.24, 2.45) is 0 Å². The van der Waals surface area contributed by atoms with Gasteiger partial charge in [-0.05, 0) is 78.7 Å². The molecule has 250 valence electrons. The summed E-state index contributed by atoms with van der Waals surface area (Å²) < 4.78 is 20.1. The fourth-order valence-electron chi connectivity index (χ4n) is 6.67. The minimum Gasteiger partial charge on any atom is -0.494 e. The minimum atomic E-state index is -2.76. The van der Waals surface area contributed by atoms with Crippen LogP contribution in [0.15, 0.2) is 41.1 Å². The van der Waals surface area contributed by atoms with Crippen molar-refractivity contribution in [3.05, 3.63) is 52.4 Å². The molecule has 13 heteroatoms. The van der Waals surface area contributed by atoms with Gasteiger partial charge in [0.25, 0.3) is 0 Å². The number of rotatable bonds is 10. The molecule has 0 bridgehead atoms. The average Bonchev–Trinajstić information content (AvgIpc) is 3.09. The topological polar surface area (TPSA) is 120 Å². The molecule has 2 fully saturated rings. The molecule has 2 aliphatic heterocycles. The molecule has 0 unspecified atom stereocenters. The van der Waals surface area contributed by atoms with E-state index < -0.39 is 7.14 Å². The monoisotopic (exact) mass is 721 g/mol. The molecule has 0 amide bonds. The summed E-state index contributed by atoms with van der Waals surface area (Å²) >= 11 is 3.60. The number of aromatic nitrogens is 4. The van der Waals surface area contributed by atoms with Crippen LogP contribution in [0, 0.1) is 0 Å². The molecule has 4 heterocycles. The van der Waals surface area contributed by atoms with Crippen molar-refractivity contribution >= 4 is 68.2 Å². The zero-order valence-corrected chi connectivity index (χ0v) is 30.4. The highest BCUT2D eigenvalue weighted by molar-refractivity contribution is 9.10. The number of hydrogen-bond acceptors (Lipinski definition) is 11. The fourth-order valence-corrected chi connectivity index (χ4v) is 8.35. The Morgan fingerprint density at radius 3 is 2.43 bits per heavy atom. The van der Waals surface area contributed by atoms with Crippen molar-refractivity contribution in [3.8, 4) is 5.75 Å². The summed E-state index contributed by atoms with van der Waals surface area (Å²) in [6.07, 6.45) is 7.47. The Labute approximate surface area is 285 Å². The van der Waals surface area contributed by atoms with Gasteiger partial charge in [-0.15, -0.1) is 0 Å². The van der Waals surface area contributed by atoms with E-state index in [4.69, 9.17) is 14.7 Å². The van der Waals surface area contributed by atoms with Gasteiger partial charge in [-0.1, -0.05) is 13.8 Å². The highest BCUT2D eigenvalue weighted by Crippen LogP contribution is 2.42. The minimum absolute atomic E-state index is 0.409. The van der Waals surface area contributed by atoms with Crippen LogP contribution in [0.25, 0.3) is 11.0 Å². The zero-order valence-electron chi connectivity index (χ0n) is 27.9. The zero-order chi connectivity index (χ0) is 33.1. The highest BCUT2D eigenvalue weighted by atomic mass is 79.9. The van der Waals surface area contributed by atoms with Crippen LogP contribution >= 0.6 is 23.1 Å². The molecular weight excluding hydrogens is 677 g/mol. The standard InChI is InChI=1S/C34H45BrN9O2P/c1-6-22-18-28(30(46-3)19-29(22)44-14-10-24(11-15-44)43-16-12-36-13-17-43)41-34-38-21-25(35)33(42-34)40-27-9-8-26-31(32(27)47(4,5)45)37-20-23(7-2)39-26/h8-9,18-21,24,36H,6-7,10-17H2,1-5H3,(H2,38,40,41,42). The van der Waals surface area contributed by atoms with Crippen LogP contribution in [-0.4, -0.2) is 90.6 Å². The average molecular weight is 723 g/mol. The largest absolute Gasteiger partial charge is 0.494 e. The Morgan fingerprint density at radius 1 is 0.979 bits per heavy atom. The van der Waals surface area contributed by atoms with E-state index in [9.17, 15) is 4.57 Å². The number of fused-ring (bicyclic) bond motifs is 1. The first-order valence-electron chi connectivity index (χ1n) is 16.5. The molecule has 0 radical (unpaired) electrons. The van der Waals surface area contributed by atoms with Gasteiger partial charge in [0.05, 0.1) is 39.5 Å². The van der Waals surface area contributed by atoms with Gasteiger partial charge in [0, 0.05) is 69.5 Å². The van der Waals surface area contributed by atoms with Gasteiger partial charge in [0.1, 0.15) is 24.2 Å². The van der Waals surface area contributed by atoms with Crippen LogP contribution < -0.4 is 30.9 Å². The molecule has 2 aromatic heterocycles. The van der Waals surface area contributed by atoms with Gasteiger partial charge >= 0.3 is 0 Å². The molecule has 47 heavy (non-hydrogen) atoms. The summed E-state index contributed by atoms with van der Waals surface area (Å²) in [6, 6.07) is 8.77. The Morgan fingerprint density at radius 2 is 1.74 bits per heavy atom. The lowest BCUT2D eigenvalue weighted by atomic mass is 9.99. The number of piperidine rings is 1. The first kappa shape index (κ1) is 33.6. The second kappa shape index (κ2) is 14.4. The number of benzene rings is 2. The van der Waals surface area contributed by atoms with Gasteiger partial charge in [-0.25, -0.2) is 9.97 Å². The highest BCUT2D eigenvalue weighted by Gasteiger charge is 2.27. The Bertz CT molecular complexity index is 1790. The van der Waals surface area contributed by atoms with Crippen LogP contribution in [0.3, 0.4) is 0 Å². The molecule has 2 saturated heterocycles. The number of halogens is 1. The number of anilines is 5. The summed E-state index contributed by atoms with van der Waals surface area (Å²) in [5.41, 5.74) is 6.21. The number of hydrogen-bond donors (Lipinski definition) is 3. The van der Waals surface area contributed by atoms with E-state index in [1.54, 1.807) is 32.8 Å². The summed E-state index contributed by atoms with van der Waals surface area (Å²) in [7, 11) is -1.06. The molecule has 0 aliphatic carbocycles. The van der Waals surface area contributed by atoms with Crippen molar-refractivity contribution < 1.29 is 9.30 Å². The molecule has 0 atom stereocenters. The van der Waals surface area contributed by atoms with Crippen molar-refractivity contribution in [1.82, 2.24) is 30.2 Å². The van der Waals surface area contributed by atoms with E-state index in [-0.39, 0.29) is 0 Å². The number of methoxy groups -OCH3 is 1. The molecule has 0 spiro atoms. The van der Waals surface area contributed by atoms with Gasteiger partial charge in [-0.3, -0.25) is 9.88 Å². The molecular formula is C34H45BrN9O2P. The Kier molecular flexibility index (Phi) is 10.3. The molecule has 11 nitrogen and oxygen atoms in total. The number of ether oxygens (including phenoxy) is 1. The normalized spacial score (nSPS) is 16.4. The summed E-state index contributed by atoms with van der Waals surface area (Å²) in [4.78, 5) is 23.9. The molecule has 4 aromatic rings. The third-order valence-corrected chi connectivity index (χ3v) is 11.2. The van der Waals surface area contributed by atoms with E-state index in [0.717, 1.165) is 74.8 Å². The van der Waals surface area contributed by atoms with Gasteiger partial charge in [-0.2, -0.15) is 4.98 Å². The number of piperazine rings is 1. The van der Waals surface area contributed by atoms with Crippen molar-refractivity contribution in [3.63, 3.8) is 0 Å². The smallest absolute Gasteiger partial charge is 0.229 e. The quantitative estimate of drug-likeness (QED) is 0.169. The summed E-state index contributed by atoms with van der Waals surface area (Å²) in [5, 5.41) is 10.9. The molecule has 2 aromatic carbocycles. The van der Waals surface area contributed by atoms with E-state index in [1.165, 1.54) is 24.1 Å². The summed E-state index contributed by atoms with van der Waals surface area (Å²) in [6.45, 7) is 14.3. The van der Waals surface area contributed by atoms with Gasteiger partial charge in [0.15, 0.2) is 0 Å².